The number of rotatable bonds is 3. The van der Waals surface area contributed by atoms with E-state index in [2.05, 4.69) is 9.97 Å². The Hall–Kier alpha value is -4.07. The van der Waals surface area contributed by atoms with Gasteiger partial charge in [0, 0.05) is 18.0 Å². The molecule has 1 aliphatic carbocycles. The Balaban J connectivity index is 1.58. The van der Waals surface area contributed by atoms with Gasteiger partial charge in [-0.1, -0.05) is 6.08 Å². The minimum Gasteiger partial charge on any atom is -0.481 e. The molecule has 9 nitrogen and oxygen atoms in total. The number of carboxylic acid groups (broad SMARTS) is 1. The van der Waals surface area contributed by atoms with Crippen molar-refractivity contribution in [2.45, 2.75) is 13.1 Å². The summed E-state index contributed by atoms with van der Waals surface area (Å²) >= 11 is 0. The van der Waals surface area contributed by atoms with Crippen LogP contribution in [-0.2, 0) is 9.59 Å². The summed E-state index contributed by atoms with van der Waals surface area (Å²) in [5.41, 5.74) is 10.3. The van der Waals surface area contributed by atoms with Crippen molar-refractivity contribution in [1.82, 2.24) is 14.6 Å². The molecule has 2 aliphatic rings. The Morgan fingerprint density at radius 1 is 1.30 bits per heavy atom. The van der Waals surface area contributed by atoms with Crippen molar-refractivity contribution < 1.29 is 14.7 Å². The number of hydrogen-bond donors (Lipinski definition) is 3. The fourth-order valence-corrected chi connectivity index (χ4v) is 3.97. The third-order valence-electron chi connectivity index (χ3n) is 5.32. The van der Waals surface area contributed by atoms with Gasteiger partial charge in [0.1, 0.15) is 23.8 Å². The Kier molecular flexibility index (Phi) is 3.89. The molecular formula is C21H18N6O3. The first kappa shape index (κ1) is 18.0. The fraction of sp³-hybridized carbons (Fsp3) is 0.143. The van der Waals surface area contributed by atoms with Gasteiger partial charge in [-0.25, -0.2) is 19.5 Å². The SMILES string of the molecule is Cc1nc2ccc(N3C(N)C=CN3n3ccc4c3C=CC(C(=O)O)C4=C=O)cc2[nH]1. The zero-order valence-electron chi connectivity index (χ0n) is 16.0. The molecule has 0 fully saturated rings. The molecule has 3 aromatic rings. The Morgan fingerprint density at radius 2 is 2.13 bits per heavy atom. The van der Waals surface area contributed by atoms with Gasteiger partial charge < -0.3 is 15.8 Å². The summed E-state index contributed by atoms with van der Waals surface area (Å²) in [4.78, 5) is 30.6. The normalized spacial score (nSPS) is 20.1. The highest BCUT2D eigenvalue weighted by Gasteiger charge is 2.32. The smallest absolute Gasteiger partial charge is 0.315 e. The third kappa shape index (κ3) is 2.57. The lowest BCUT2D eigenvalue weighted by Gasteiger charge is -2.35. The van der Waals surface area contributed by atoms with Crippen LogP contribution in [0.5, 0.6) is 0 Å². The molecule has 0 saturated heterocycles. The number of fused-ring (bicyclic) bond motifs is 2. The number of nitrogens with one attached hydrogen (secondary N) is 1. The summed E-state index contributed by atoms with van der Waals surface area (Å²) in [7, 11) is 0. The minimum absolute atomic E-state index is 0.104. The van der Waals surface area contributed by atoms with Crippen molar-refractivity contribution in [2.75, 3.05) is 10.1 Å². The highest BCUT2D eigenvalue weighted by atomic mass is 16.4. The van der Waals surface area contributed by atoms with E-state index in [4.69, 9.17) is 5.73 Å². The maximum Gasteiger partial charge on any atom is 0.315 e. The first-order chi connectivity index (χ1) is 14.5. The number of aryl methyl sites for hydroxylation is 1. The summed E-state index contributed by atoms with van der Waals surface area (Å²) in [5.74, 6) is 0.535. The molecule has 0 amide bonds. The van der Waals surface area contributed by atoms with Crippen molar-refractivity contribution in [3.05, 3.63) is 65.9 Å². The third-order valence-corrected chi connectivity index (χ3v) is 5.32. The number of aliphatic carboxylic acids is 1. The molecule has 5 rings (SSSR count). The number of anilines is 1. The zero-order chi connectivity index (χ0) is 21.0. The van der Waals surface area contributed by atoms with Crippen LogP contribution in [0.4, 0.5) is 5.69 Å². The number of benzene rings is 1. The second-order valence-electron chi connectivity index (χ2n) is 7.17. The Labute approximate surface area is 171 Å². The zero-order valence-corrected chi connectivity index (χ0v) is 16.0. The maximum absolute atomic E-state index is 11.5. The molecule has 0 saturated carbocycles. The maximum atomic E-state index is 11.5. The van der Waals surface area contributed by atoms with E-state index in [0.29, 0.717) is 11.3 Å². The molecule has 0 spiro atoms. The lowest BCUT2D eigenvalue weighted by molar-refractivity contribution is -0.138. The summed E-state index contributed by atoms with van der Waals surface area (Å²) in [5, 5.41) is 13.1. The van der Waals surface area contributed by atoms with E-state index in [-0.39, 0.29) is 5.57 Å². The number of carboxylic acids is 1. The summed E-state index contributed by atoms with van der Waals surface area (Å²) in [6, 6.07) is 7.54. The van der Waals surface area contributed by atoms with E-state index in [9.17, 15) is 14.7 Å². The summed E-state index contributed by atoms with van der Waals surface area (Å²) in [6.07, 6.45) is 8.22. The van der Waals surface area contributed by atoms with E-state index >= 15 is 0 Å². The molecule has 3 heterocycles. The molecule has 30 heavy (non-hydrogen) atoms. The van der Waals surface area contributed by atoms with Crippen LogP contribution in [0.2, 0.25) is 0 Å². The average Bonchev–Trinajstić information content (AvgIpc) is 3.41. The van der Waals surface area contributed by atoms with Crippen molar-refractivity contribution in [2.24, 2.45) is 11.7 Å². The van der Waals surface area contributed by atoms with Gasteiger partial charge in [0.2, 0.25) is 0 Å². The second kappa shape index (κ2) is 6.48. The van der Waals surface area contributed by atoms with Crippen LogP contribution in [-0.4, -0.2) is 37.8 Å². The van der Waals surface area contributed by atoms with Crippen LogP contribution >= 0.6 is 0 Å². The van der Waals surface area contributed by atoms with Crippen LogP contribution in [0.1, 0.15) is 17.1 Å². The van der Waals surface area contributed by atoms with Crippen molar-refractivity contribution in [3.8, 4) is 0 Å². The summed E-state index contributed by atoms with van der Waals surface area (Å²) in [6.45, 7) is 1.90. The molecule has 2 aromatic heterocycles. The van der Waals surface area contributed by atoms with Crippen molar-refractivity contribution >= 4 is 40.3 Å². The van der Waals surface area contributed by atoms with Crippen LogP contribution in [0.25, 0.3) is 22.7 Å². The number of nitrogens with two attached hydrogens (primary N) is 1. The number of imidazole rings is 1. The number of aromatic nitrogens is 3. The van der Waals surface area contributed by atoms with Gasteiger partial charge in [0.05, 0.1) is 28.0 Å². The first-order valence-electron chi connectivity index (χ1n) is 9.34. The largest absolute Gasteiger partial charge is 0.481 e. The van der Waals surface area contributed by atoms with Gasteiger partial charge in [-0.2, -0.15) is 5.12 Å². The molecule has 150 valence electrons. The molecular weight excluding hydrogens is 384 g/mol. The lowest BCUT2D eigenvalue weighted by atomic mass is 9.89. The predicted molar refractivity (Wildman–Crippen MR) is 112 cm³/mol. The molecule has 4 N–H and O–H groups in total. The van der Waals surface area contributed by atoms with Crippen molar-refractivity contribution in [1.29, 1.82) is 0 Å². The van der Waals surface area contributed by atoms with Gasteiger partial charge in [0.25, 0.3) is 0 Å². The molecule has 2 atom stereocenters. The van der Waals surface area contributed by atoms with E-state index in [1.807, 2.05) is 52.2 Å². The second-order valence-corrected chi connectivity index (χ2v) is 7.17. The number of H-pyrrole nitrogens is 1. The van der Waals surface area contributed by atoms with Gasteiger partial charge in [-0.3, -0.25) is 4.79 Å². The van der Waals surface area contributed by atoms with Crippen LogP contribution in [0.3, 0.4) is 0 Å². The van der Waals surface area contributed by atoms with E-state index in [0.717, 1.165) is 22.5 Å². The minimum atomic E-state index is -1.09. The number of aromatic amines is 1. The molecule has 0 bridgehead atoms. The number of carbonyl (C=O) groups is 1. The first-order valence-corrected chi connectivity index (χ1v) is 9.34. The van der Waals surface area contributed by atoms with Gasteiger partial charge in [0.15, 0.2) is 0 Å². The van der Waals surface area contributed by atoms with Crippen LogP contribution in [0, 0.1) is 12.8 Å². The highest BCUT2D eigenvalue weighted by Crippen LogP contribution is 2.34. The molecule has 0 radical (unpaired) electrons. The van der Waals surface area contributed by atoms with E-state index in [1.54, 1.807) is 24.3 Å². The number of hydrogen-bond acceptors (Lipinski definition) is 6. The number of carbonyl (C=O) groups excluding carboxylic acids is 1. The van der Waals surface area contributed by atoms with Gasteiger partial charge >= 0.3 is 5.97 Å². The molecule has 1 aromatic carbocycles. The van der Waals surface area contributed by atoms with Crippen LogP contribution < -0.4 is 15.9 Å². The monoisotopic (exact) mass is 402 g/mol. The number of hydrazine groups is 1. The topological polar surface area (TPSA) is 120 Å². The van der Waals surface area contributed by atoms with Crippen molar-refractivity contribution in [3.63, 3.8) is 0 Å². The fourth-order valence-electron chi connectivity index (χ4n) is 3.97. The van der Waals surface area contributed by atoms with E-state index < -0.39 is 18.1 Å². The standard InChI is InChI=1S/C21H18N6O3/c1-12-23-17-4-2-13(10-18(17)24-12)27-20(22)7-9-26(27)25-8-6-14-16(11-28)15(21(29)30)3-5-19(14)25/h2-10,15,20H,22H2,1H3,(H,23,24)(H,29,30). The number of nitrogens with zero attached hydrogens (tertiary/aromatic N) is 4. The quantitative estimate of drug-likeness (QED) is 0.571. The Bertz CT molecular complexity index is 1290. The molecule has 2 unspecified atom stereocenters. The van der Waals surface area contributed by atoms with Gasteiger partial charge in [-0.05, 0) is 43.3 Å². The Morgan fingerprint density at radius 3 is 2.90 bits per heavy atom. The highest BCUT2D eigenvalue weighted by molar-refractivity contribution is 6.03. The van der Waals surface area contributed by atoms with Gasteiger partial charge in [-0.15, -0.1) is 0 Å². The lowest BCUT2D eigenvalue weighted by Crippen LogP contribution is -2.50. The predicted octanol–water partition coefficient (Wildman–Crippen LogP) is 1.79. The van der Waals surface area contributed by atoms with E-state index in [1.165, 1.54) is 6.08 Å². The van der Waals surface area contributed by atoms with Crippen LogP contribution in [0.15, 0.2) is 48.8 Å². The molecule has 9 heteroatoms. The summed E-state index contributed by atoms with van der Waals surface area (Å²) < 4.78 is 1.81. The average molecular weight is 402 g/mol. The molecule has 1 aliphatic heterocycles.